The first kappa shape index (κ1) is 38.6. The van der Waals surface area contributed by atoms with Gasteiger partial charge in [-0.25, -0.2) is 9.37 Å². The number of halogens is 1. The van der Waals surface area contributed by atoms with Crippen LogP contribution in [0.1, 0.15) is 115 Å². The molecule has 1 unspecified atom stereocenters. The first-order valence-electron chi connectivity index (χ1n) is 16.5. The summed E-state index contributed by atoms with van der Waals surface area (Å²) in [6.07, 6.45) is 5.17. The van der Waals surface area contributed by atoms with E-state index in [-0.39, 0.29) is 29.8 Å². The number of carbonyl (C=O) groups is 2. The van der Waals surface area contributed by atoms with Gasteiger partial charge in [-0.2, -0.15) is 0 Å². The second-order valence-electron chi connectivity index (χ2n) is 13.0. The molecule has 1 aromatic carbocycles. The molecule has 46 heavy (non-hydrogen) atoms. The van der Waals surface area contributed by atoms with Crippen LogP contribution in [0.25, 0.3) is 22.3 Å². The third-order valence-corrected chi connectivity index (χ3v) is 8.26. The van der Waals surface area contributed by atoms with E-state index >= 15 is 0 Å². The maximum atomic E-state index is 14.5. The normalized spacial score (nSPS) is 13.3. The van der Waals surface area contributed by atoms with Crippen molar-refractivity contribution in [2.45, 2.75) is 133 Å². The van der Waals surface area contributed by atoms with Gasteiger partial charge >= 0.3 is 0 Å². The number of aliphatic carboxylic acids is 1. The molecule has 3 N–H and O–H groups in total. The van der Waals surface area contributed by atoms with Crippen molar-refractivity contribution in [1.29, 1.82) is 0 Å². The topological polar surface area (TPSA) is 125 Å². The average molecular weight is 640 g/mol. The van der Waals surface area contributed by atoms with E-state index in [1.165, 1.54) is 11.1 Å². The van der Waals surface area contributed by atoms with E-state index in [0.717, 1.165) is 83.6 Å². The smallest absolute Gasteiger partial charge is 0.300 e. The number of fused-ring (bicyclic) bond motifs is 4. The van der Waals surface area contributed by atoms with Crippen LogP contribution in [0.15, 0.2) is 16.9 Å². The highest BCUT2D eigenvalue weighted by atomic mass is 19.1. The number of carboxylic acid groups (broad SMARTS) is 1. The second kappa shape index (κ2) is 16.3. The van der Waals surface area contributed by atoms with Crippen molar-refractivity contribution in [1.82, 2.24) is 9.55 Å². The summed E-state index contributed by atoms with van der Waals surface area (Å²) in [7, 11) is 0. The number of nitrogens with two attached hydrogens (primary N) is 1. The van der Waals surface area contributed by atoms with Crippen LogP contribution in [0.4, 0.5) is 4.39 Å². The van der Waals surface area contributed by atoms with Crippen molar-refractivity contribution in [3.63, 3.8) is 0 Å². The number of ether oxygens (including phenoxy) is 1. The summed E-state index contributed by atoms with van der Waals surface area (Å²) in [6, 6.07) is 3.69. The van der Waals surface area contributed by atoms with Gasteiger partial charge in [-0.05, 0) is 101 Å². The Kier molecular flexibility index (Phi) is 13.7. The Labute approximate surface area is 273 Å². The minimum Gasteiger partial charge on any atom is -0.481 e. The molecular weight excluding hydrogens is 585 g/mol. The molecule has 1 amide bonds. The third kappa shape index (κ3) is 9.24. The highest BCUT2D eigenvalue weighted by molar-refractivity contribution is 5.92. The number of carbonyl (C=O) groups excluding carboxylic acids is 1. The van der Waals surface area contributed by atoms with E-state index in [2.05, 4.69) is 19.9 Å². The van der Waals surface area contributed by atoms with E-state index in [1.807, 2.05) is 60.0 Å². The maximum absolute atomic E-state index is 14.5. The zero-order valence-corrected chi connectivity index (χ0v) is 29.7. The first-order chi connectivity index (χ1) is 21.5. The van der Waals surface area contributed by atoms with Crippen LogP contribution < -0.4 is 11.3 Å². The highest BCUT2D eigenvalue weighted by Gasteiger charge is 2.30. The Morgan fingerprint density at radius 1 is 1.11 bits per heavy atom. The van der Waals surface area contributed by atoms with Crippen molar-refractivity contribution >= 4 is 22.8 Å². The summed E-state index contributed by atoms with van der Waals surface area (Å²) in [5.74, 6) is -0.849. The summed E-state index contributed by atoms with van der Waals surface area (Å²) in [6.45, 7) is 21.5. The zero-order chi connectivity index (χ0) is 35.1. The molecule has 5 rings (SSSR count). The van der Waals surface area contributed by atoms with Crippen molar-refractivity contribution in [2.24, 2.45) is 11.7 Å². The van der Waals surface area contributed by atoms with Crippen LogP contribution in [0, 0.1) is 25.6 Å². The minimum atomic E-state index is -0.833. The summed E-state index contributed by atoms with van der Waals surface area (Å²) in [5.41, 5.74) is 13.5. The van der Waals surface area contributed by atoms with E-state index in [1.54, 1.807) is 6.07 Å². The molecule has 9 heteroatoms. The lowest BCUT2D eigenvalue weighted by molar-refractivity contribution is -0.134. The fourth-order valence-electron chi connectivity index (χ4n) is 6.27. The molecule has 2 aliphatic rings. The van der Waals surface area contributed by atoms with E-state index in [9.17, 15) is 14.0 Å². The first-order valence-corrected chi connectivity index (χ1v) is 16.5. The summed E-state index contributed by atoms with van der Waals surface area (Å²) in [4.78, 5) is 37.8. The SMILES string of the molecule is CC.CC(=O)O.CC(C)OC(C)(C)CC(N)=O.CCC(C)Cc1c(C)cc2n(c1=O)Cc1c-2nc2cc(F)c(C)c3c2c1CCC3. The number of aryl methyl sites for hydroxylation is 3. The molecule has 0 radical (unpaired) electrons. The molecule has 254 valence electrons. The Bertz CT molecular complexity index is 1620. The molecule has 1 aliphatic carbocycles. The van der Waals surface area contributed by atoms with Crippen LogP contribution in [-0.2, 0) is 40.1 Å². The molecule has 0 saturated carbocycles. The molecule has 1 aliphatic heterocycles. The Balaban J connectivity index is 0.000000364. The van der Waals surface area contributed by atoms with Crippen LogP contribution in [0.2, 0.25) is 0 Å². The Hall–Kier alpha value is -3.59. The van der Waals surface area contributed by atoms with Gasteiger partial charge in [0.2, 0.25) is 5.91 Å². The lowest BCUT2D eigenvalue weighted by atomic mass is 9.85. The fraction of sp³-hybridized carbons (Fsp3) is 0.568. The molecule has 0 spiro atoms. The number of primary amides is 1. The number of hydrogen-bond acceptors (Lipinski definition) is 5. The number of nitrogens with zero attached hydrogens (tertiary/aromatic N) is 2. The van der Waals surface area contributed by atoms with Crippen LogP contribution in [0.5, 0.6) is 0 Å². The van der Waals surface area contributed by atoms with E-state index in [0.29, 0.717) is 12.5 Å². The Morgan fingerprint density at radius 3 is 2.24 bits per heavy atom. The third-order valence-electron chi connectivity index (χ3n) is 8.26. The number of carboxylic acids is 1. The maximum Gasteiger partial charge on any atom is 0.300 e. The summed E-state index contributed by atoms with van der Waals surface area (Å²) < 4.78 is 21.9. The van der Waals surface area contributed by atoms with Crippen LogP contribution in [-0.4, -0.2) is 38.2 Å². The molecule has 0 fully saturated rings. The zero-order valence-electron chi connectivity index (χ0n) is 29.7. The summed E-state index contributed by atoms with van der Waals surface area (Å²) in [5, 5.41) is 8.55. The molecule has 1 atom stereocenters. The number of aromatic nitrogens is 2. The fourth-order valence-corrected chi connectivity index (χ4v) is 6.27. The standard InChI is InChI=1S/C25H27FN2O.C8H17NO2.C2H4O2.C2H6/c1-5-13(2)9-18-14(3)10-22-24-19(12-28(22)25(18)29)17-8-6-7-16-15(4)20(26)11-21(27-24)23(16)17;1-6(2)11-8(3,4)5-7(9)10;1-2(3)4;1-2/h10-11,13H,5-9,12H2,1-4H3;6H,5H2,1-4H3,(H2,9,10);1H3,(H,3,4);1-2H3. The molecule has 0 bridgehead atoms. The highest BCUT2D eigenvalue weighted by Crippen LogP contribution is 2.41. The van der Waals surface area contributed by atoms with Gasteiger partial charge in [0.05, 0.1) is 41.6 Å². The van der Waals surface area contributed by atoms with E-state index < -0.39 is 11.6 Å². The molecule has 8 nitrogen and oxygen atoms in total. The number of pyridine rings is 2. The van der Waals surface area contributed by atoms with Crippen LogP contribution in [0.3, 0.4) is 0 Å². The van der Waals surface area contributed by atoms with Gasteiger partial charge in [-0.3, -0.25) is 14.4 Å². The lowest BCUT2D eigenvalue weighted by Crippen LogP contribution is -2.33. The quantitative estimate of drug-likeness (QED) is 0.217. The predicted octanol–water partition coefficient (Wildman–Crippen LogP) is 7.44. The van der Waals surface area contributed by atoms with Gasteiger partial charge in [0.25, 0.3) is 11.5 Å². The number of rotatable bonds is 7. The summed E-state index contributed by atoms with van der Waals surface area (Å²) >= 11 is 0. The monoisotopic (exact) mass is 639 g/mol. The van der Waals surface area contributed by atoms with Gasteiger partial charge in [0, 0.05) is 29.5 Å². The van der Waals surface area contributed by atoms with Gasteiger partial charge in [0.15, 0.2) is 0 Å². The van der Waals surface area contributed by atoms with Gasteiger partial charge in [-0.15, -0.1) is 0 Å². The molecule has 0 saturated heterocycles. The van der Waals surface area contributed by atoms with Crippen molar-refractivity contribution in [2.75, 3.05) is 0 Å². The Morgan fingerprint density at radius 2 is 1.70 bits per heavy atom. The number of hydrogen-bond donors (Lipinski definition) is 2. The van der Waals surface area contributed by atoms with Crippen LogP contribution >= 0.6 is 0 Å². The van der Waals surface area contributed by atoms with E-state index in [4.69, 9.17) is 25.4 Å². The second-order valence-corrected chi connectivity index (χ2v) is 13.0. The lowest BCUT2D eigenvalue weighted by Gasteiger charge is -2.26. The van der Waals surface area contributed by atoms with Crippen molar-refractivity contribution < 1.29 is 23.8 Å². The van der Waals surface area contributed by atoms with Crippen molar-refractivity contribution in [3.05, 3.63) is 61.7 Å². The van der Waals surface area contributed by atoms with Gasteiger partial charge < -0.3 is 20.1 Å². The van der Waals surface area contributed by atoms with Crippen molar-refractivity contribution in [3.8, 4) is 11.4 Å². The predicted molar refractivity (Wildman–Crippen MR) is 184 cm³/mol. The molecule has 2 aromatic heterocycles. The van der Waals surface area contributed by atoms with Gasteiger partial charge in [0.1, 0.15) is 5.82 Å². The molecule has 3 aromatic rings. The van der Waals surface area contributed by atoms with Gasteiger partial charge in [-0.1, -0.05) is 34.1 Å². The number of amides is 1. The number of benzene rings is 1. The molecular formula is C37H54FN3O5. The largest absolute Gasteiger partial charge is 0.481 e. The molecule has 3 heterocycles. The average Bonchev–Trinajstić information content (AvgIpc) is 3.32. The minimum absolute atomic E-state index is 0.118.